The highest BCUT2D eigenvalue weighted by Crippen LogP contribution is 1.99. The molecule has 0 aliphatic heterocycles. The summed E-state index contributed by atoms with van der Waals surface area (Å²) in [7, 11) is -1.68. The number of carbonyl (C=O) groups is 1. The van der Waals surface area contributed by atoms with Crippen molar-refractivity contribution in [3.63, 3.8) is 0 Å². The topological polar surface area (TPSA) is 81.3 Å². The Morgan fingerprint density at radius 1 is 1.46 bits per heavy atom. The van der Waals surface area contributed by atoms with Gasteiger partial charge in [-0.05, 0) is 11.5 Å². The molecule has 4 nitrogen and oxygen atoms in total. The van der Waals surface area contributed by atoms with E-state index in [-0.39, 0.29) is 11.0 Å². The smallest absolute Gasteiger partial charge is 0.423 e. The summed E-state index contributed by atoms with van der Waals surface area (Å²) in [5.74, 6) is 0. The third-order valence-electron chi connectivity index (χ3n) is 1.61. The van der Waals surface area contributed by atoms with Gasteiger partial charge in [0.05, 0.1) is 11.6 Å². The van der Waals surface area contributed by atoms with Gasteiger partial charge in [0.1, 0.15) is 6.29 Å². The molecular formula is C8H6BNO3. The summed E-state index contributed by atoms with van der Waals surface area (Å²) in [6.45, 7) is 0. The Bertz CT molecular complexity index is 370. The van der Waals surface area contributed by atoms with Crippen LogP contribution in [0.2, 0.25) is 0 Å². The highest BCUT2D eigenvalue weighted by Gasteiger charge is 2.15. The van der Waals surface area contributed by atoms with Gasteiger partial charge in [-0.15, -0.1) is 0 Å². The normalized spacial score (nSPS) is 9.00. The molecule has 0 atom stereocenters. The zero-order chi connectivity index (χ0) is 9.84. The zero-order valence-corrected chi connectivity index (χ0v) is 6.64. The van der Waals surface area contributed by atoms with Gasteiger partial charge in [0.15, 0.2) is 0 Å². The average molecular weight is 175 g/mol. The maximum absolute atomic E-state index is 10.3. The first-order valence-corrected chi connectivity index (χ1v) is 3.54. The molecule has 1 aromatic rings. The van der Waals surface area contributed by atoms with Crippen molar-refractivity contribution in [2.24, 2.45) is 0 Å². The molecule has 13 heavy (non-hydrogen) atoms. The van der Waals surface area contributed by atoms with Gasteiger partial charge in [0, 0.05) is 5.56 Å². The van der Waals surface area contributed by atoms with E-state index in [1.807, 2.05) is 0 Å². The second-order valence-corrected chi connectivity index (χ2v) is 2.45. The monoisotopic (exact) mass is 175 g/mol. The SMILES string of the molecule is N#Cc1cc(C=O)ccc1B(O)O. The fraction of sp³-hybridized carbons (Fsp3) is 0. The van der Waals surface area contributed by atoms with E-state index in [1.54, 1.807) is 6.07 Å². The van der Waals surface area contributed by atoms with Crippen LogP contribution in [0.3, 0.4) is 0 Å². The van der Waals surface area contributed by atoms with Crippen LogP contribution >= 0.6 is 0 Å². The van der Waals surface area contributed by atoms with E-state index in [9.17, 15) is 4.79 Å². The Morgan fingerprint density at radius 2 is 2.15 bits per heavy atom. The molecule has 5 heteroatoms. The molecule has 0 amide bonds. The first-order chi connectivity index (χ1) is 6.19. The predicted molar refractivity (Wildman–Crippen MR) is 46.4 cm³/mol. The summed E-state index contributed by atoms with van der Waals surface area (Å²) in [6, 6.07) is 5.84. The Morgan fingerprint density at radius 3 is 2.62 bits per heavy atom. The van der Waals surface area contributed by atoms with Crippen LogP contribution in [0.5, 0.6) is 0 Å². The highest BCUT2D eigenvalue weighted by atomic mass is 16.4. The van der Waals surface area contributed by atoms with Crippen molar-refractivity contribution >= 4 is 18.9 Å². The van der Waals surface area contributed by atoms with Crippen molar-refractivity contribution in [2.75, 3.05) is 0 Å². The van der Waals surface area contributed by atoms with Crippen molar-refractivity contribution < 1.29 is 14.8 Å². The lowest BCUT2D eigenvalue weighted by molar-refractivity contribution is 0.112. The molecule has 0 saturated heterocycles. The number of carbonyl (C=O) groups excluding carboxylic acids is 1. The summed E-state index contributed by atoms with van der Waals surface area (Å²) in [6.07, 6.45) is 0.592. The molecule has 0 bridgehead atoms. The minimum Gasteiger partial charge on any atom is -0.423 e. The van der Waals surface area contributed by atoms with E-state index in [2.05, 4.69) is 0 Å². The van der Waals surface area contributed by atoms with Gasteiger partial charge in [0.25, 0.3) is 0 Å². The van der Waals surface area contributed by atoms with Gasteiger partial charge >= 0.3 is 7.12 Å². The molecule has 0 radical (unpaired) electrons. The van der Waals surface area contributed by atoms with Crippen LogP contribution in [0.15, 0.2) is 18.2 Å². The van der Waals surface area contributed by atoms with Crippen molar-refractivity contribution in [2.45, 2.75) is 0 Å². The Balaban J connectivity index is 3.25. The predicted octanol–water partition coefficient (Wildman–Crippen LogP) is -0.949. The Kier molecular flexibility index (Phi) is 2.80. The minimum atomic E-state index is -1.68. The van der Waals surface area contributed by atoms with Gasteiger partial charge in [0.2, 0.25) is 0 Å². The number of rotatable bonds is 2. The third-order valence-corrected chi connectivity index (χ3v) is 1.61. The van der Waals surface area contributed by atoms with Gasteiger partial charge < -0.3 is 10.0 Å². The summed E-state index contributed by atoms with van der Waals surface area (Å²) >= 11 is 0. The molecule has 0 aromatic heterocycles. The first kappa shape index (κ1) is 9.45. The first-order valence-electron chi connectivity index (χ1n) is 3.54. The molecule has 0 aliphatic carbocycles. The molecule has 0 spiro atoms. The maximum Gasteiger partial charge on any atom is 0.489 e. The molecule has 1 aromatic carbocycles. The molecule has 0 aliphatic rings. The maximum atomic E-state index is 10.3. The number of hydrogen-bond donors (Lipinski definition) is 2. The summed E-state index contributed by atoms with van der Waals surface area (Å²) < 4.78 is 0. The van der Waals surface area contributed by atoms with Crippen LogP contribution in [0.1, 0.15) is 15.9 Å². The average Bonchev–Trinajstić information content (AvgIpc) is 2.16. The Hall–Kier alpha value is -1.64. The summed E-state index contributed by atoms with van der Waals surface area (Å²) in [4.78, 5) is 10.3. The standard InChI is InChI=1S/C8H6BNO3/c10-4-7-3-6(5-11)1-2-8(7)9(12)13/h1-3,5,12-13H. The molecule has 0 unspecified atom stereocenters. The molecule has 1 rings (SSSR count). The van der Waals surface area contributed by atoms with Crippen LogP contribution in [-0.2, 0) is 0 Å². The number of nitriles is 1. The second kappa shape index (κ2) is 3.85. The van der Waals surface area contributed by atoms with Crippen molar-refractivity contribution in [3.8, 4) is 6.07 Å². The Labute approximate surface area is 75.2 Å². The van der Waals surface area contributed by atoms with E-state index in [4.69, 9.17) is 15.3 Å². The van der Waals surface area contributed by atoms with Crippen LogP contribution in [0.25, 0.3) is 0 Å². The molecular weight excluding hydrogens is 169 g/mol. The lowest BCUT2D eigenvalue weighted by Gasteiger charge is -2.01. The second-order valence-electron chi connectivity index (χ2n) is 2.45. The molecule has 64 valence electrons. The largest absolute Gasteiger partial charge is 0.489 e. The van der Waals surface area contributed by atoms with E-state index in [1.165, 1.54) is 18.2 Å². The number of nitrogens with zero attached hydrogens (tertiary/aromatic N) is 1. The van der Waals surface area contributed by atoms with E-state index in [0.29, 0.717) is 11.8 Å². The quantitative estimate of drug-likeness (QED) is 0.448. The van der Waals surface area contributed by atoms with Crippen LogP contribution in [0.4, 0.5) is 0 Å². The van der Waals surface area contributed by atoms with E-state index < -0.39 is 7.12 Å². The van der Waals surface area contributed by atoms with Crippen molar-refractivity contribution in [3.05, 3.63) is 29.3 Å². The molecule has 0 fully saturated rings. The van der Waals surface area contributed by atoms with Crippen molar-refractivity contribution in [1.29, 1.82) is 5.26 Å². The fourth-order valence-corrected chi connectivity index (χ4v) is 0.969. The highest BCUT2D eigenvalue weighted by molar-refractivity contribution is 6.59. The lowest BCUT2D eigenvalue weighted by atomic mass is 9.77. The van der Waals surface area contributed by atoms with Gasteiger partial charge in [-0.3, -0.25) is 4.79 Å². The number of benzene rings is 1. The van der Waals surface area contributed by atoms with Gasteiger partial charge in [-0.2, -0.15) is 5.26 Å². The summed E-state index contributed by atoms with van der Waals surface area (Å²) in [5, 5.41) is 26.2. The fourth-order valence-electron chi connectivity index (χ4n) is 0.969. The van der Waals surface area contributed by atoms with Crippen LogP contribution < -0.4 is 5.46 Å². The molecule has 0 heterocycles. The van der Waals surface area contributed by atoms with Crippen molar-refractivity contribution in [1.82, 2.24) is 0 Å². The van der Waals surface area contributed by atoms with Gasteiger partial charge in [-0.1, -0.05) is 12.1 Å². The van der Waals surface area contributed by atoms with Crippen LogP contribution in [-0.4, -0.2) is 23.5 Å². The van der Waals surface area contributed by atoms with Gasteiger partial charge in [-0.25, -0.2) is 0 Å². The molecule has 2 N–H and O–H groups in total. The third kappa shape index (κ3) is 1.93. The zero-order valence-electron chi connectivity index (χ0n) is 6.64. The van der Waals surface area contributed by atoms with Crippen LogP contribution in [0, 0.1) is 11.3 Å². The molecule has 0 saturated carbocycles. The van der Waals surface area contributed by atoms with E-state index >= 15 is 0 Å². The minimum absolute atomic E-state index is 0.0969. The number of aldehydes is 1. The van der Waals surface area contributed by atoms with E-state index in [0.717, 1.165) is 0 Å². The number of hydrogen-bond acceptors (Lipinski definition) is 4. The lowest BCUT2D eigenvalue weighted by Crippen LogP contribution is -2.32. The summed E-state index contributed by atoms with van der Waals surface area (Å²) in [5.41, 5.74) is 0.536.